The number of thioether (sulfide) groups is 1. The molecular weight excluding hydrogens is 455 g/mol. The molecule has 0 saturated carbocycles. The van der Waals surface area contributed by atoms with Crippen LogP contribution in [0.3, 0.4) is 0 Å². The number of piperidine rings is 1. The van der Waals surface area contributed by atoms with E-state index in [1.54, 1.807) is 17.0 Å². The summed E-state index contributed by atoms with van der Waals surface area (Å²) in [6.45, 7) is 3.66. The predicted octanol–water partition coefficient (Wildman–Crippen LogP) is 2.83. The number of fused-ring (bicyclic) bond motifs is 1. The maximum absolute atomic E-state index is 13.2. The second kappa shape index (κ2) is 9.66. The fourth-order valence-electron chi connectivity index (χ4n) is 4.82. The molecular formula is C25H27FN4O3S. The van der Waals surface area contributed by atoms with Crippen LogP contribution in [0.25, 0.3) is 0 Å². The summed E-state index contributed by atoms with van der Waals surface area (Å²) in [7, 11) is 0. The largest absolute Gasteiger partial charge is 0.368 e. The Balaban J connectivity index is 1.12. The summed E-state index contributed by atoms with van der Waals surface area (Å²) in [4.78, 5) is 45.3. The van der Waals surface area contributed by atoms with Gasteiger partial charge in [0.05, 0.1) is 5.69 Å². The fraction of sp³-hybridized carbons (Fsp3) is 0.400. The van der Waals surface area contributed by atoms with Gasteiger partial charge in [0.2, 0.25) is 17.7 Å². The number of rotatable bonds is 3. The lowest BCUT2D eigenvalue weighted by atomic mass is 9.94. The van der Waals surface area contributed by atoms with Crippen molar-refractivity contribution >= 4 is 40.9 Å². The van der Waals surface area contributed by atoms with Gasteiger partial charge in [-0.05, 0) is 49.2 Å². The quantitative estimate of drug-likeness (QED) is 0.682. The topological polar surface area (TPSA) is 73.0 Å². The van der Waals surface area contributed by atoms with Gasteiger partial charge in [-0.25, -0.2) is 4.39 Å². The third kappa shape index (κ3) is 4.61. The maximum Gasteiger partial charge on any atom is 0.247 e. The summed E-state index contributed by atoms with van der Waals surface area (Å²) in [5.74, 6) is -0.684. The zero-order chi connectivity index (χ0) is 23.7. The molecule has 7 nitrogen and oxygen atoms in total. The number of halogens is 1. The highest BCUT2D eigenvalue weighted by molar-refractivity contribution is 8.01. The van der Waals surface area contributed by atoms with Crippen molar-refractivity contribution in [1.29, 1.82) is 0 Å². The minimum atomic E-state index is -0.790. The number of hydrogen-bond acceptors (Lipinski definition) is 5. The summed E-state index contributed by atoms with van der Waals surface area (Å²) in [5, 5.41) is 2.04. The van der Waals surface area contributed by atoms with Gasteiger partial charge in [-0.15, -0.1) is 11.8 Å². The van der Waals surface area contributed by atoms with Crippen molar-refractivity contribution in [3.8, 4) is 0 Å². The molecule has 1 atom stereocenters. The number of carbonyl (C=O) groups is 3. The van der Waals surface area contributed by atoms with E-state index in [0.29, 0.717) is 52.1 Å². The number of amides is 3. The van der Waals surface area contributed by atoms with Gasteiger partial charge < -0.3 is 20.0 Å². The molecule has 178 valence electrons. The van der Waals surface area contributed by atoms with Gasteiger partial charge in [0.15, 0.2) is 5.25 Å². The van der Waals surface area contributed by atoms with E-state index >= 15 is 0 Å². The van der Waals surface area contributed by atoms with E-state index in [4.69, 9.17) is 0 Å². The van der Waals surface area contributed by atoms with Gasteiger partial charge in [0, 0.05) is 55.8 Å². The average molecular weight is 483 g/mol. The van der Waals surface area contributed by atoms with E-state index in [1.807, 2.05) is 29.2 Å². The molecule has 3 aliphatic rings. The van der Waals surface area contributed by atoms with Crippen LogP contribution in [0, 0.1) is 11.7 Å². The van der Waals surface area contributed by atoms with Crippen molar-refractivity contribution in [2.24, 2.45) is 5.92 Å². The first-order valence-corrected chi connectivity index (χ1v) is 12.5. The Bertz CT molecular complexity index is 1080. The molecule has 2 aromatic carbocycles. The molecule has 3 amide bonds. The van der Waals surface area contributed by atoms with Crippen LogP contribution in [0.5, 0.6) is 0 Å². The number of carbonyl (C=O) groups excluding carboxylic acids is 3. The standard InChI is InChI=1S/C25H27FN4O3S/c26-18-5-7-19(8-6-18)28-13-15-30(16-14-28)24(32)17-9-11-29(12-10-17)25(33)22-23(31)27-20-3-1-2-4-21(20)34-22/h1-8,17,22H,9-16H2,(H,27,31)/t22-/m1/s1. The average Bonchev–Trinajstić information content (AvgIpc) is 2.88. The van der Waals surface area contributed by atoms with E-state index in [0.717, 1.165) is 16.3 Å². The fourth-order valence-corrected chi connectivity index (χ4v) is 5.89. The normalized spacial score (nSPS) is 21.1. The van der Waals surface area contributed by atoms with Crippen LogP contribution in [0.1, 0.15) is 12.8 Å². The Morgan fingerprint density at radius 3 is 2.21 bits per heavy atom. The molecule has 2 fully saturated rings. The summed E-state index contributed by atoms with van der Waals surface area (Å²) < 4.78 is 13.2. The van der Waals surface area contributed by atoms with Gasteiger partial charge >= 0.3 is 0 Å². The lowest BCUT2D eigenvalue weighted by Crippen LogP contribution is -2.53. The highest BCUT2D eigenvalue weighted by Gasteiger charge is 2.38. The monoisotopic (exact) mass is 482 g/mol. The molecule has 2 aromatic rings. The summed E-state index contributed by atoms with van der Waals surface area (Å²) in [5.41, 5.74) is 1.71. The SMILES string of the molecule is O=C1Nc2ccccc2S[C@H]1C(=O)N1CCC(C(=O)N2CCN(c3ccc(F)cc3)CC2)CC1. The Morgan fingerprint density at radius 2 is 1.50 bits per heavy atom. The van der Waals surface area contributed by atoms with Crippen LogP contribution in [0.2, 0.25) is 0 Å². The molecule has 9 heteroatoms. The second-order valence-corrected chi connectivity index (χ2v) is 10.0. The van der Waals surface area contributed by atoms with Gasteiger partial charge in [-0.2, -0.15) is 0 Å². The molecule has 0 radical (unpaired) electrons. The minimum absolute atomic E-state index is 0.102. The number of nitrogens with zero attached hydrogens (tertiary/aromatic N) is 3. The molecule has 5 rings (SSSR count). The lowest BCUT2D eigenvalue weighted by Gasteiger charge is -2.39. The number of nitrogens with one attached hydrogen (secondary N) is 1. The molecule has 0 spiro atoms. The van der Waals surface area contributed by atoms with Crippen molar-refractivity contribution in [1.82, 2.24) is 9.80 Å². The van der Waals surface area contributed by atoms with Crippen LogP contribution in [-0.4, -0.2) is 72.0 Å². The van der Waals surface area contributed by atoms with E-state index in [1.165, 1.54) is 23.9 Å². The molecule has 34 heavy (non-hydrogen) atoms. The number of piperazine rings is 1. The Labute approximate surface area is 202 Å². The van der Waals surface area contributed by atoms with Crippen LogP contribution < -0.4 is 10.2 Å². The van der Waals surface area contributed by atoms with Gasteiger partial charge in [0.1, 0.15) is 5.82 Å². The number of likely N-dealkylation sites (tertiary alicyclic amines) is 1. The van der Waals surface area contributed by atoms with E-state index in [9.17, 15) is 18.8 Å². The van der Waals surface area contributed by atoms with Crippen molar-refractivity contribution in [2.45, 2.75) is 23.0 Å². The number of para-hydroxylation sites is 1. The zero-order valence-corrected chi connectivity index (χ0v) is 19.6. The summed E-state index contributed by atoms with van der Waals surface area (Å²) >= 11 is 1.29. The Kier molecular flexibility index (Phi) is 6.45. The molecule has 0 unspecified atom stereocenters. The predicted molar refractivity (Wildman–Crippen MR) is 129 cm³/mol. The van der Waals surface area contributed by atoms with E-state index in [-0.39, 0.29) is 29.5 Å². The zero-order valence-electron chi connectivity index (χ0n) is 18.8. The molecule has 2 saturated heterocycles. The van der Waals surface area contributed by atoms with Gasteiger partial charge in [-0.1, -0.05) is 12.1 Å². The van der Waals surface area contributed by atoms with Crippen molar-refractivity contribution < 1.29 is 18.8 Å². The van der Waals surface area contributed by atoms with E-state index in [2.05, 4.69) is 10.2 Å². The first-order valence-electron chi connectivity index (χ1n) is 11.6. The van der Waals surface area contributed by atoms with Gasteiger partial charge in [-0.3, -0.25) is 14.4 Å². The smallest absolute Gasteiger partial charge is 0.247 e. The van der Waals surface area contributed by atoms with Crippen LogP contribution in [0.4, 0.5) is 15.8 Å². The second-order valence-electron chi connectivity index (χ2n) is 8.87. The minimum Gasteiger partial charge on any atom is -0.368 e. The molecule has 0 aromatic heterocycles. The third-order valence-corrected chi connectivity index (χ3v) is 8.05. The Morgan fingerprint density at radius 1 is 0.853 bits per heavy atom. The van der Waals surface area contributed by atoms with Crippen LogP contribution in [-0.2, 0) is 14.4 Å². The Hall–Kier alpha value is -3.07. The lowest BCUT2D eigenvalue weighted by molar-refractivity contribution is -0.141. The van der Waals surface area contributed by atoms with Crippen LogP contribution in [0.15, 0.2) is 53.4 Å². The highest BCUT2D eigenvalue weighted by Crippen LogP contribution is 2.36. The van der Waals surface area contributed by atoms with Gasteiger partial charge in [0.25, 0.3) is 0 Å². The van der Waals surface area contributed by atoms with Crippen molar-refractivity contribution in [3.63, 3.8) is 0 Å². The first-order chi connectivity index (χ1) is 16.5. The molecule has 3 heterocycles. The van der Waals surface area contributed by atoms with Crippen molar-refractivity contribution in [3.05, 3.63) is 54.3 Å². The number of hydrogen-bond donors (Lipinski definition) is 1. The highest BCUT2D eigenvalue weighted by atomic mass is 32.2. The molecule has 0 aliphatic carbocycles. The summed E-state index contributed by atoms with van der Waals surface area (Å²) in [6, 6.07) is 13.9. The van der Waals surface area contributed by atoms with Crippen LogP contribution >= 0.6 is 11.8 Å². The first kappa shape index (κ1) is 22.7. The maximum atomic E-state index is 13.2. The molecule has 3 aliphatic heterocycles. The number of benzene rings is 2. The summed E-state index contributed by atoms with van der Waals surface area (Å²) in [6.07, 6.45) is 1.22. The third-order valence-electron chi connectivity index (χ3n) is 6.79. The number of anilines is 2. The van der Waals surface area contributed by atoms with Crippen molar-refractivity contribution in [2.75, 3.05) is 49.5 Å². The molecule has 1 N–H and O–H groups in total. The van der Waals surface area contributed by atoms with E-state index < -0.39 is 5.25 Å². The molecule has 0 bridgehead atoms.